The molecule has 0 N–H and O–H groups in total. The van der Waals surface area contributed by atoms with Gasteiger partial charge in [0, 0.05) is 11.9 Å². The van der Waals surface area contributed by atoms with Crippen molar-refractivity contribution in [1.82, 2.24) is 4.90 Å². The van der Waals surface area contributed by atoms with E-state index in [-0.39, 0.29) is 16.6 Å². The van der Waals surface area contributed by atoms with Crippen LogP contribution in [0.5, 0.6) is 0 Å². The highest BCUT2D eigenvalue weighted by Gasteiger charge is 2.38. The van der Waals surface area contributed by atoms with Gasteiger partial charge in [0.25, 0.3) is 11.8 Å². The fourth-order valence-electron chi connectivity index (χ4n) is 2.28. The van der Waals surface area contributed by atoms with Gasteiger partial charge < -0.3 is 0 Å². The molecule has 2 aromatic rings. The van der Waals surface area contributed by atoms with Crippen LogP contribution in [0.2, 0.25) is 0 Å². The normalized spacial score (nSPS) is 17.3. The molecule has 1 saturated heterocycles. The molecule has 0 unspecified atom stereocenters. The Bertz CT molecular complexity index is 808. The highest BCUT2D eigenvalue weighted by Crippen LogP contribution is 2.26. The van der Waals surface area contributed by atoms with Crippen LogP contribution in [-0.4, -0.2) is 28.9 Å². The lowest BCUT2D eigenvalue weighted by Crippen LogP contribution is -2.54. The van der Waals surface area contributed by atoms with Gasteiger partial charge in [-0.1, -0.05) is 23.8 Å². The Balaban J connectivity index is 2.06. The molecule has 23 heavy (non-hydrogen) atoms. The summed E-state index contributed by atoms with van der Waals surface area (Å²) in [6.07, 6.45) is 1.62. The van der Waals surface area contributed by atoms with E-state index in [1.54, 1.807) is 13.1 Å². The first-order valence-electron chi connectivity index (χ1n) is 6.97. The van der Waals surface area contributed by atoms with Gasteiger partial charge in [-0.25, -0.2) is 0 Å². The summed E-state index contributed by atoms with van der Waals surface area (Å²) >= 11 is 6.78. The lowest BCUT2D eigenvalue weighted by atomic mass is 10.1. The maximum Gasteiger partial charge on any atom is 0.270 e. The van der Waals surface area contributed by atoms with Crippen LogP contribution in [0.1, 0.15) is 10.4 Å². The molecule has 1 fully saturated rings. The van der Waals surface area contributed by atoms with Crippen molar-refractivity contribution in [2.45, 2.75) is 6.92 Å². The van der Waals surface area contributed by atoms with Crippen molar-refractivity contribution in [1.29, 1.82) is 0 Å². The van der Waals surface area contributed by atoms with Gasteiger partial charge in [-0.3, -0.25) is 19.4 Å². The number of thiophene rings is 1. The molecular formula is C17H14N2O2S2. The molecule has 0 bridgehead atoms. The van der Waals surface area contributed by atoms with Crippen LogP contribution in [0.3, 0.4) is 0 Å². The average Bonchev–Trinajstić information content (AvgIpc) is 3.05. The Morgan fingerprint density at radius 2 is 1.78 bits per heavy atom. The van der Waals surface area contributed by atoms with E-state index in [0.717, 1.165) is 10.4 Å². The van der Waals surface area contributed by atoms with Crippen LogP contribution >= 0.6 is 23.6 Å². The SMILES string of the molecule is Cc1ccc(N2C(=O)/C(=C\c3cccs3)C(=O)N(C)C2=S)cc1. The molecule has 1 aliphatic heterocycles. The third kappa shape index (κ3) is 2.83. The van der Waals surface area contributed by atoms with Crippen LogP contribution in [0, 0.1) is 6.92 Å². The first kappa shape index (κ1) is 15.6. The van der Waals surface area contributed by atoms with Gasteiger partial charge in [-0.15, -0.1) is 11.3 Å². The number of carbonyl (C=O) groups excluding carboxylic acids is 2. The summed E-state index contributed by atoms with van der Waals surface area (Å²) in [7, 11) is 1.58. The Labute approximate surface area is 143 Å². The van der Waals surface area contributed by atoms with E-state index in [9.17, 15) is 9.59 Å². The molecule has 3 rings (SSSR count). The van der Waals surface area contributed by atoms with Gasteiger partial charge in [-0.05, 0) is 48.8 Å². The average molecular weight is 342 g/mol. The smallest absolute Gasteiger partial charge is 0.270 e. The monoisotopic (exact) mass is 342 g/mol. The van der Waals surface area contributed by atoms with E-state index in [4.69, 9.17) is 12.2 Å². The minimum absolute atomic E-state index is 0.115. The predicted octanol–water partition coefficient (Wildman–Crippen LogP) is 3.23. The van der Waals surface area contributed by atoms with Gasteiger partial charge >= 0.3 is 0 Å². The minimum Gasteiger partial charge on any atom is -0.287 e. The zero-order valence-electron chi connectivity index (χ0n) is 12.6. The molecule has 4 nitrogen and oxygen atoms in total. The Morgan fingerprint density at radius 3 is 2.39 bits per heavy atom. The maximum absolute atomic E-state index is 12.8. The van der Waals surface area contributed by atoms with Crippen LogP contribution in [0.4, 0.5) is 5.69 Å². The molecule has 116 valence electrons. The molecule has 0 radical (unpaired) electrons. The largest absolute Gasteiger partial charge is 0.287 e. The summed E-state index contributed by atoms with van der Waals surface area (Å²) in [5.41, 5.74) is 1.86. The lowest BCUT2D eigenvalue weighted by Gasteiger charge is -2.34. The van der Waals surface area contributed by atoms with Crippen molar-refractivity contribution in [3.05, 3.63) is 57.8 Å². The standard InChI is InChI=1S/C17H14N2O2S2/c1-11-5-7-12(8-6-11)19-16(21)14(10-13-4-3-9-23-13)15(20)18(2)17(19)22/h3-10H,1-2H3/b14-10-. The Morgan fingerprint density at radius 1 is 1.09 bits per heavy atom. The second-order valence-corrected chi connectivity index (χ2v) is 6.54. The quantitative estimate of drug-likeness (QED) is 0.478. The third-order valence-corrected chi connectivity index (χ3v) is 4.84. The van der Waals surface area contributed by atoms with Crippen molar-refractivity contribution in [3.8, 4) is 0 Å². The van der Waals surface area contributed by atoms with E-state index in [0.29, 0.717) is 5.69 Å². The third-order valence-electron chi connectivity index (χ3n) is 3.57. The second kappa shape index (κ2) is 6.06. The van der Waals surface area contributed by atoms with Crippen molar-refractivity contribution >= 4 is 52.2 Å². The molecule has 6 heteroatoms. The number of hydrogen-bond donors (Lipinski definition) is 0. The van der Waals surface area contributed by atoms with E-state index >= 15 is 0 Å². The van der Waals surface area contributed by atoms with Crippen LogP contribution in [-0.2, 0) is 9.59 Å². The number of carbonyl (C=O) groups is 2. The number of benzene rings is 1. The number of nitrogens with zero attached hydrogens (tertiary/aromatic N) is 2. The Hall–Kier alpha value is -2.31. The molecule has 2 amide bonds. The topological polar surface area (TPSA) is 40.6 Å². The van der Waals surface area contributed by atoms with Crippen molar-refractivity contribution in [2.24, 2.45) is 0 Å². The summed E-state index contributed by atoms with van der Waals surface area (Å²) in [5, 5.41) is 2.09. The predicted molar refractivity (Wildman–Crippen MR) is 96.3 cm³/mol. The van der Waals surface area contributed by atoms with Crippen LogP contribution in [0.25, 0.3) is 6.08 Å². The summed E-state index contributed by atoms with van der Waals surface area (Å²) in [6, 6.07) is 11.2. The number of hydrogen-bond acceptors (Lipinski definition) is 4. The number of aryl methyl sites for hydroxylation is 1. The minimum atomic E-state index is -0.393. The molecule has 2 heterocycles. The first-order chi connectivity index (χ1) is 11.0. The molecule has 0 saturated carbocycles. The lowest BCUT2D eigenvalue weighted by molar-refractivity contribution is -0.127. The zero-order valence-corrected chi connectivity index (χ0v) is 14.3. The number of thiocarbonyl (C=S) groups is 1. The van der Waals surface area contributed by atoms with Crippen molar-refractivity contribution < 1.29 is 9.59 Å². The summed E-state index contributed by atoms with van der Waals surface area (Å²) in [6.45, 7) is 1.97. The van der Waals surface area contributed by atoms with Crippen molar-refractivity contribution in [2.75, 3.05) is 11.9 Å². The van der Waals surface area contributed by atoms with Gasteiger partial charge in [0.15, 0.2) is 5.11 Å². The molecule has 1 aromatic heterocycles. The highest BCUT2D eigenvalue weighted by molar-refractivity contribution is 7.80. The zero-order chi connectivity index (χ0) is 16.6. The molecular weight excluding hydrogens is 328 g/mol. The van der Waals surface area contributed by atoms with Gasteiger partial charge in [0.05, 0.1) is 5.69 Å². The fraction of sp³-hybridized carbons (Fsp3) is 0.118. The van der Waals surface area contributed by atoms with Crippen LogP contribution < -0.4 is 4.90 Å². The van der Waals surface area contributed by atoms with Gasteiger partial charge in [0.2, 0.25) is 0 Å². The number of rotatable bonds is 2. The maximum atomic E-state index is 12.8. The number of likely N-dealkylation sites (N-methyl/N-ethyl adjacent to an activating group) is 1. The summed E-state index contributed by atoms with van der Waals surface area (Å²) in [5.74, 6) is -0.771. The summed E-state index contributed by atoms with van der Waals surface area (Å²) < 4.78 is 0. The number of amides is 2. The molecule has 0 atom stereocenters. The van der Waals surface area contributed by atoms with E-state index < -0.39 is 5.91 Å². The van der Waals surface area contributed by atoms with Gasteiger partial charge in [-0.2, -0.15) is 0 Å². The van der Waals surface area contributed by atoms with E-state index in [1.165, 1.54) is 21.1 Å². The first-order valence-corrected chi connectivity index (χ1v) is 8.26. The Kier molecular flexibility index (Phi) is 4.11. The molecule has 0 spiro atoms. The van der Waals surface area contributed by atoms with Gasteiger partial charge in [0.1, 0.15) is 5.57 Å². The highest BCUT2D eigenvalue weighted by atomic mass is 32.1. The molecule has 0 aliphatic carbocycles. The van der Waals surface area contributed by atoms with Crippen LogP contribution in [0.15, 0.2) is 47.4 Å². The van der Waals surface area contributed by atoms with E-state index in [2.05, 4.69) is 0 Å². The van der Waals surface area contributed by atoms with E-state index in [1.807, 2.05) is 48.7 Å². The number of anilines is 1. The molecule has 1 aromatic carbocycles. The summed E-state index contributed by atoms with van der Waals surface area (Å²) in [4.78, 5) is 28.8. The molecule has 1 aliphatic rings. The fourth-order valence-corrected chi connectivity index (χ4v) is 3.21. The van der Waals surface area contributed by atoms with Crippen molar-refractivity contribution in [3.63, 3.8) is 0 Å². The second-order valence-electron chi connectivity index (χ2n) is 5.20.